The van der Waals surface area contributed by atoms with E-state index >= 15 is 0 Å². The van der Waals surface area contributed by atoms with Crippen LogP contribution in [0.3, 0.4) is 0 Å². The number of nitrogens with zero attached hydrogens (tertiary/aromatic N) is 2. The molecule has 0 amide bonds. The minimum absolute atomic E-state index is 0.766. The fourth-order valence-corrected chi connectivity index (χ4v) is 4.09. The van der Waals surface area contributed by atoms with Gasteiger partial charge in [0, 0.05) is 34.6 Å². The summed E-state index contributed by atoms with van der Waals surface area (Å²) in [4.78, 5) is 8.82. The molecule has 2 heterocycles. The van der Waals surface area contributed by atoms with Crippen molar-refractivity contribution >= 4 is 22.2 Å². The Labute approximate surface area is 186 Å². The summed E-state index contributed by atoms with van der Waals surface area (Å²) >= 11 is 1.55. The Kier molecular flexibility index (Phi) is 6.00. The molecule has 0 bridgehead atoms. The van der Waals surface area contributed by atoms with Crippen LogP contribution in [0.2, 0.25) is 0 Å². The van der Waals surface area contributed by atoms with E-state index in [4.69, 9.17) is 14.5 Å². The van der Waals surface area contributed by atoms with E-state index in [2.05, 4.69) is 36.1 Å². The first kappa shape index (κ1) is 20.6. The molecule has 0 unspecified atom stereocenters. The molecule has 0 fully saturated rings. The number of hydrogen-bond donors (Lipinski definition) is 1. The maximum Gasteiger partial charge on any atom is 0.187 e. The molecule has 1 N–H and O–H groups in total. The van der Waals surface area contributed by atoms with Crippen molar-refractivity contribution in [3.8, 4) is 28.5 Å². The number of methoxy groups -OCH3 is 1. The zero-order valence-electron chi connectivity index (χ0n) is 17.7. The lowest BCUT2D eigenvalue weighted by molar-refractivity contribution is 0.413. The molecule has 0 radical (unpaired) electrons. The summed E-state index contributed by atoms with van der Waals surface area (Å²) in [6, 6.07) is 15.5. The van der Waals surface area contributed by atoms with Gasteiger partial charge in [-0.05, 0) is 73.5 Å². The van der Waals surface area contributed by atoms with Gasteiger partial charge in [0.05, 0.1) is 12.8 Å². The number of nitrogens with one attached hydrogen (secondary N) is 1. The van der Waals surface area contributed by atoms with Crippen LogP contribution in [0.25, 0.3) is 17.0 Å². The van der Waals surface area contributed by atoms with Gasteiger partial charge in [0.1, 0.15) is 17.2 Å². The molecule has 156 valence electrons. The zero-order chi connectivity index (χ0) is 21.8. The standard InChI is InChI=1S/C25H23N3O2S/c1-16-13-22(30-21-7-5-20(29-4)6-8-21)14-17(2)24(16)23-15-31-25(28-23)27-18(3)19-9-11-26-12-10-19/h5-15H,3H2,1-2,4H3,(H,27,28). The van der Waals surface area contributed by atoms with Gasteiger partial charge in [-0.25, -0.2) is 4.98 Å². The number of aryl methyl sites for hydroxylation is 2. The third-order valence-electron chi connectivity index (χ3n) is 4.85. The van der Waals surface area contributed by atoms with Crippen molar-refractivity contribution in [2.75, 3.05) is 12.4 Å². The monoisotopic (exact) mass is 429 g/mol. The molecule has 2 aromatic heterocycles. The molecule has 0 aliphatic rings. The Morgan fingerprint density at radius 1 is 0.935 bits per heavy atom. The van der Waals surface area contributed by atoms with Gasteiger partial charge in [-0.15, -0.1) is 11.3 Å². The number of benzene rings is 2. The van der Waals surface area contributed by atoms with E-state index in [0.717, 1.165) is 56.0 Å². The van der Waals surface area contributed by atoms with Crippen molar-refractivity contribution in [3.63, 3.8) is 0 Å². The number of thiazole rings is 1. The average molecular weight is 430 g/mol. The summed E-state index contributed by atoms with van der Waals surface area (Å²) in [5.41, 5.74) is 6.03. The predicted octanol–water partition coefficient (Wildman–Crippen LogP) is 6.71. The largest absolute Gasteiger partial charge is 0.497 e. The summed E-state index contributed by atoms with van der Waals surface area (Å²) < 4.78 is 11.2. The molecule has 31 heavy (non-hydrogen) atoms. The second-order valence-corrected chi connectivity index (χ2v) is 7.95. The maximum atomic E-state index is 6.03. The number of pyridine rings is 1. The summed E-state index contributed by atoms with van der Waals surface area (Å²) in [5, 5.41) is 6.15. The van der Waals surface area contributed by atoms with Crippen molar-refractivity contribution in [3.05, 3.63) is 89.6 Å². The van der Waals surface area contributed by atoms with Gasteiger partial charge < -0.3 is 14.8 Å². The Morgan fingerprint density at radius 2 is 1.58 bits per heavy atom. The molecule has 0 atom stereocenters. The van der Waals surface area contributed by atoms with E-state index in [0.29, 0.717) is 0 Å². The highest BCUT2D eigenvalue weighted by Crippen LogP contribution is 2.35. The van der Waals surface area contributed by atoms with Crippen molar-refractivity contribution in [1.82, 2.24) is 9.97 Å². The van der Waals surface area contributed by atoms with E-state index in [1.165, 1.54) is 0 Å². The molecule has 0 saturated carbocycles. The van der Waals surface area contributed by atoms with Gasteiger partial charge >= 0.3 is 0 Å². The van der Waals surface area contributed by atoms with Gasteiger partial charge in [0.15, 0.2) is 5.13 Å². The number of anilines is 1. The first-order chi connectivity index (χ1) is 15.0. The van der Waals surface area contributed by atoms with Gasteiger partial charge in [-0.3, -0.25) is 4.98 Å². The van der Waals surface area contributed by atoms with E-state index in [1.54, 1.807) is 30.8 Å². The van der Waals surface area contributed by atoms with Crippen LogP contribution in [0, 0.1) is 13.8 Å². The van der Waals surface area contributed by atoms with Gasteiger partial charge in [-0.2, -0.15) is 0 Å². The summed E-state index contributed by atoms with van der Waals surface area (Å²) in [5.74, 6) is 2.36. The second-order valence-electron chi connectivity index (χ2n) is 7.09. The summed E-state index contributed by atoms with van der Waals surface area (Å²) in [7, 11) is 1.65. The second kappa shape index (κ2) is 9.02. The number of ether oxygens (including phenoxy) is 2. The van der Waals surface area contributed by atoms with Gasteiger partial charge in [0.2, 0.25) is 0 Å². The van der Waals surface area contributed by atoms with Crippen LogP contribution in [-0.4, -0.2) is 17.1 Å². The van der Waals surface area contributed by atoms with Crippen LogP contribution in [0.5, 0.6) is 17.2 Å². The predicted molar refractivity (Wildman–Crippen MR) is 127 cm³/mol. The lowest BCUT2D eigenvalue weighted by Gasteiger charge is -2.12. The SMILES string of the molecule is C=C(Nc1nc(-c2c(C)cc(Oc3ccc(OC)cc3)cc2C)cs1)c1ccncc1. The summed E-state index contributed by atoms with van der Waals surface area (Å²) in [6.07, 6.45) is 3.50. The first-order valence-electron chi connectivity index (χ1n) is 9.79. The molecule has 4 aromatic rings. The summed E-state index contributed by atoms with van der Waals surface area (Å²) in [6.45, 7) is 8.25. The molecular formula is C25H23N3O2S. The number of aromatic nitrogens is 2. The van der Waals surface area contributed by atoms with Gasteiger partial charge in [0.25, 0.3) is 0 Å². The molecule has 0 saturated heterocycles. The van der Waals surface area contributed by atoms with E-state index in [9.17, 15) is 0 Å². The van der Waals surface area contributed by atoms with Crippen molar-refractivity contribution in [1.29, 1.82) is 0 Å². The molecule has 2 aromatic carbocycles. The third-order valence-corrected chi connectivity index (χ3v) is 5.61. The first-order valence-corrected chi connectivity index (χ1v) is 10.7. The maximum absolute atomic E-state index is 6.03. The topological polar surface area (TPSA) is 56.3 Å². The highest BCUT2D eigenvalue weighted by Gasteiger charge is 2.13. The number of hydrogen-bond acceptors (Lipinski definition) is 6. The smallest absolute Gasteiger partial charge is 0.187 e. The molecule has 0 aliphatic carbocycles. The van der Waals surface area contributed by atoms with Crippen molar-refractivity contribution in [2.24, 2.45) is 0 Å². The Morgan fingerprint density at radius 3 is 2.23 bits per heavy atom. The van der Waals surface area contributed by atoms with Crippen molar-refractivity contribution < 1.29 is 9.47 Å². The lowest BCUT2D eigenvalue weighted by Crippen LogP contribution is -1.97. The highest BCUT2D eigenvalue weighted by atomic mass is 32.1. The van der Waals surface area contributed by atoms with Gasteiger partial charge in [-0.1, -0.05) is 6.58 Å². The van der Waals surface area contributed by atoms with Crippen LogP contribution in [-0.2, 0) is 0 Å². The van der Waals surface area contributed by atoms with E-state index in [-0.39, 0.29) is 0 Å². The molecule has 5 nitrogen and oxygen atoms in total. The Hall–Kier alpha value is -3.64. The van der Waals surface area contributed by atoms with E-state index < -0.39 is 0 Å². The lowest BCUT2D eigenvalue weighted by atomic mass is 10.0. The fourth-order valence-electron chi connectivity index (χ4n) is 3.37. The molecule has 4 rings (SSSR count). The van der Waals surface area contributed by atoms with E-state index in [1.807, 2.05) is 48.5 Å². The Balaban J connectivity index is 1.52. The van der Waals surface area contributed by atoms with Crippen LogP contribution in [0.15, 0.2) is 72.9 Å². The van der Waals surface area contributed by atoms with Crippen LogP contribution in [0.4, 0.5) is 5.13 Å². The molecule has 6 heteroatoms. The van der Waals surface area contributed by atoms with Crippen molar-refractivity contribution in [2.45, 2.75) is 13.8 Å². The molecule has 0 aliphatic heterocycles. The highest BCUT2D eigenvalue weighted by molar-refractivity contribution is 7.14. The van der Waals surface area contributed by atoms with Crippen LogP contribution >= 0.6 is 11.3 Å². The van der Waals surface area contributed by atoms with Crippen LogP contribution < -0.4 is 14.8 Å². The molecule has 0 spiro atoms. The quantitative estimate of drug-likeness (QED) is 0.354. The van der Waals surface area contributed by atoms with Crippen LogP contribution in [0.1, 0.15) is 16.7 Å². The number of rotatable bonds is 7. The normalized spacial score (nSPS) is 10.5. The molecular weight excluding hydrogens is 406 g/mol. The average Bonchev–Trinajstić information content (AvgIpc) is 3.22. The Bertz CT molecular complexity index is 1180. The minimum atomic E-state index is 0.766. The zero-order valence-corrected chi connectivity index (χ0v) is 18.5. The fraction of sp³-hybridized carbons (Fsp3) is 0.120. The third kappa shape index (κ3) is 4.75. The minimum Gasteiger partial charge on any atom is -0.497 e.